The molecule has 0 spiro atoms. The second-order valence-electron chi connectivity index (χ2n) is 3.15. The first kappa shape index (κ1) is 13.4. The first-order chi connectivity index (χ1) is 7.43. The third kappa shape index (κ3) is 4.05. The molecule has 0 saturated carbocycles. The molecule has 6 heteroatoms. The van der Waals surface area contributed by atoms with Gasteiger partial charge in [0, 0.05) is 16.9 Å². The maximum absolute atomic E-state index is 11.2. The van der Waals surface area contributed by atoms with E-state index in [-0.39, 0.29) is 0 Å². The van der Waals surface area contributed by atoms with Crippen LogP contribution in [0.25, 0.3) is 0 Å². The fraction of sp³-hybridized carbons (Fsp3) is 0.300. The molecule has 0 bridgehead atoms. The van der Waals surface area contributed by atoms with Crippen molar-refractivity contribution in [2.45, 2.75) is 15.2 Å². The normalized spacial score (nSPS) is 13.1. The minimum Gasteiger partial charge on any atom is -0.224 e. The molecule has 0 heterocycles. The molecule has 0 fully saturated rings. The topological polar surface area (TPSA) is 57.9 Å². The Labute approximate surface area is 104 Å². The Morgan fingerprint density at radius 3 is 2.44 bits per heavy atom. The smallest absolute Gasteiger partial charge is 0.175 e. The summed E-state index contributed by atoms with van der Waals surface area (Å²) in [5.74, 6) is 0.482. The molecule has 1 atom stereocenters. The number of hydrogen-bond donors (Lipinski definition) is 0. The van der Waals surface area contributed by atoms with Gasteiger partial charge in [0.25, 0.3) is 0 Å². The highest BCUT2D eigenvalue weighted by atomic mass is 35.5. The first-order valence-electron chi connectivity index (χ1n) is 4.40. The maximum Gasteiger partial charge on any atom is 0.175 e. The second kappa shape index (κ2) is 5.58. The summed E-state index contributed by atoms with van der Waals surface area (Å²) in [5.41, 5.74) is 0. The average molecular weight is 276 g/mol. The minimum atomic E-state index is -3.14. The Balaban J connectivity index is 2.70. The van der Waals surface area contributed by atoms with E-state index in [2.05, 4.69) is 0 Å². The summed E-state index contributed by atoms with van der Waals surface area (Å²) in [5, 5.41) is 7.96. The molecular weight excluding hydrogens is 266 g/mol. The monoisotopic (exact) mass is 275 g/mol. The van der Waals surface area contributed by atoms with Gasteiger partial charge in [0.1, 0.15) is 5.38 Å². The molecule has 1 aromatic rings. The number of benzene rings is 1. The minimum absolute atomic E-state index is 0.291. The predicted octanol–water partition coefficient (Wildman–Crippen LogP) is 2.31. The van der Waals surface area contributed by atoms with Gasteiger partial charge in [-0.25, -0.2) is 8.42 Å². The summed E-state index contributed by atoms with van der Waals surface area (Å²) in [7, 11) is -3.14. The number of halogens is 1. The molecule has 16 heavy (non-hydrogen) atoms. The zero-order valence-corrected chi connectivity index (χ0v) is 10.9. The zero-order chi connectivity index (χ0) is 12.2. The summed E-state index contributed by atoms with van der Waals surface area (Å²) in [6.07, 6.45) is 1.17. The van der Waals surface area contributed by atoms with Crippen LogP contribution in [0.3, 0.4) is 0 Å². The van der Waals surface area contributed by atoms with E-state index in [1.54, 1.807) is 24.3 Å². The van der Waals surface area contributed by atoms with Crippen molar-refractivity contribution in [3.63, 3.8) is 0 Å². The van der Waals surface area contributed by atoms with E-state index >= 15 is 0 Å². The van der Waals surface area contributed by atoms with Crippen LogP contribution in [-0.2, 0) is 9.84 Å². The van der Waals surface area contributed by atoms with Crippen molar-refractivity contribution in [1.82, 2.24) is 0 Å². The predicted molar refractivity (Wildman–Crippen MR) is 65.5 cm³/mol. The van der Waals surface area contributed by atoms with Crippen LogP contribution >= 0.6 is 23.4 Å². The Morgan fingerprint density at radius 2 is 2.00 bits per heavy atom. The molecule has 1 rings (SSSR count). The van der Waals surface area contributed by atoms with Crippen molar-refractivity contribution in [3.05, 3.63) is 24.3 Å². The van der Waals surface area contributed by atoms with Crippen molar-refractivity contribution < 1.29 is 8.42 Å². The van der Waals surface area contributed by atoms with Gasteiger partial charge in [-0.15, -0.1) is 23.4 Å². The average Bonchev–Trinajstić information content (AvgIpc) is 2.25. The lowest BCUT2D eigenvalue weighted by atomic mass is 10.4. The highest BCUT2D eigenvalue weighted by molar-refractivity contribution is 7.99. The van der Waals surface area contributed by atoms with Gasteiger partial charge in [-0.05, 0) is 24.3 Å². The molecule has 0 aliphatic rings. The van der Waals surface area contributed by atoms with Crippen molar-refractivity contribution >= 4 is 33.2 Å². The second-order valence-corrected chi connectivity index (χ2v) is 6.79. The van der Waals surface area contributed by atoms with Gasteiger partial charge in [-0.1, -0.05) is 0 Å². The van der Waals surface area contributed by atoms with Gasteiger partial charge in [0.15, 0.2) is 9.84 Å². The van der Waals surface area contributed by atoms with Crippen molar-refractivity contribution in [1.29, 1.82) is 5.26 Å². The van der Waals surface area contributed by atoms with Crippen LogP contribution < -0.4 is 0 Å². The zero-order valence-electron chi connectivity index (χ0n) is 8.55. The largest absolute Gasteiger partial charge is 0.224 e. The summed E-state index contributed by atoms with van der Waals surface area (Å²) < 4.78 is 22.4. The molecule has 0 aromatic heterocycles. The Hall–Kier alpha value is -0.700. The highest BCUT2D eigenvalue weighted by Crippen LogP contribution is 2.21. The molecule has 1 unspecified atom stereocenters. The lowest BCUT2D eigenvalue weighted by Crippen LogP contribution is -1.98. The van der Waals surface area contributed by atoms with Gasteiger partial charge in [0.05, 0.1) is 11.0 Å². The van der Waals surface area contributed by atoms with Crippen LogP contribution in [-0.4, -0.2) is 25.8 Å². The molecule has 3 nitrogen and oxygen atoms in total. The molecular formula is C10H10ClNO2S2. The number of nitrogens with zero attached hydrogens (tertiary/aromatic N) is 1. The van der Waals surface area contributed by atoms with Crippen molar-refractivity contribution in [3.8, 4) is 6.07 Å². The van der Waals surface area contributed by atoms with Gasteiger partial charge in [-0.2, -0.15) is 5.26 Å². The third-order valence-electron chi connectivity index (χ3n) is 1.79. The van der Waals surface area contributed by atoms with E-state index in [0.29, 0.717) is 10.6 Å². The summed E-state index contributed by atoms with van der Waals surface area (Å²) in [6, 6.07) is 8.44. The van der Waals surface area contributed by atoms with E-state index in [4.69, 9.17) is 16.9 Å². The lowest BCUT2D eigenvalue weighted by molar-refractivity contribution is 0.602. The molecule has 0 saturated heterocycles. The first-order valence-corrected chi connectivity index (χ1v) is 7.71. The van der Waals surface area contributed by atoms with Crippen LogP contribution in [0, 0.1) is 11.3 Å². The van der Waals surface area contributed by atoms with Gasteiger partial charge < -0.3 is 0 Å². The SMILES string of the molecule is CS(=O)(=O)c1ccc(SCC(Cl)C#N)cc1. The van der Waals surface area contributed by atoms with E-state index in [0.717, 1.165) is 4.90 Å². The van der Waals surface area contributed by atoms with Crippen LogP contribution in [0.4, 0.5) is 0 Å². The third-order valence-corrected chi connectivity index (χ3v) is 4.46. The standard InChI is InChI=1S/C10H10ClNO2S2/c1-16(13,14)10-4-2-9(3-5-10)15-7-8(11)6-12/h2-5,8H,7H2,1H3. The Kier molecular flexibility index (Phi) is 4.66. The summed E-state index contributed by atoms with van der Waals surface area (Å²) in [4.78, 5) is 1.19. The van der Waals surface area contributed by atoms with Gasteiger partial charge in [-0.3, -0.25) is 0 Å². The molecule has 1 aromatic carbocycles. The van der Waals surface area contributed by atoms with Crippen LogP contribution in [0.1, 0.15) is 0 Å². The van der Waals surface area contributed by atoms with Crippen LogP contribution in [0.2, 0.25) is 0 Å². The van der Waals surface area contributed by atoms with E-state index in [1.165, 1.54) is 18.0 Å². The van der Waals surface area contributed by atoms with Gasteiger partial charge in [0.2, 0.25) is 0 Å². The highest BCUT2D eigenvalue weighted by Gasteiger charge is 2.07. The van der Waals surface area contributed by atoms with Crippen molar-refractivity contribution in [2.75, 3.05) is 12.0 Å². The van der Waals surface area contributed by atoms with Gasteiger partial charge >= 0.3 is 0 Å². The molecule has 0 aliphatic carbocycles. The summed E-state index contributed by atoms with van der Waals surface area (Å²) in [6.45, 7) is 0. The fourth-order valence-corrected chi connectivity index (χ4v) is 2.55. The van der Waals surface area contributed by atoms with E-state index < -0.39 is 15.2 Å². The number of nitriles is 1. The van der Waals surface area contributed by atoms with Crippen molar-refractivity contribution in [2.24, 2.45) is 0 Å². The van der Waals surface area contributed by atoms with Crippen LogP contribution in [0.15, 0.2) is 34.1 Å². The van der Waals surface area contributed by atoms with E-state index in [1.807, 2.05) is 6.07 Å². The lowest BCUT2D eigenvalue weighted by Gasteiger charge is -2.03. The van der Waals surface area contributed by atoms with E-state index in [9.17, 15) is 8.42 Å². The summed E-state index contributed by atoms with van der Waals surface area (Å²) >= 11 is 7.06. The Bertz CT molecular complexity index is 491. The molecule has 0 radical (unpaired) electrons. The number of rotatable bonds is 4. The number of hydrogen-bond acceptors (Lipinski definition) is 4. The maximum atomic E-state index is 11.2. The fourth-order valence-electron chi connectivity index (χ4n) is 0.990. The number of sulfone groups is 1. The number of alkyl halides is 1. The molecule has 0 amide bonds. The Morgan fingerprint density at radius 1 is 1.44 bits per heavy atom. The molecule has 86 valence electrons. The quantitative estimate of drug-likeness (QED) is 0.625. The number of thioether (sulfide) groups is 1. The molecule has 0 N–H and O–H groups in total. The molecule has 0 aliphatic heterocycles. The van der Waals surface area contributed by atoms with Crippen LogP contribution in [0.5, 0.6) is 0 Å².